The third-order valence-corrected chi connectivity index (χ3v) is 5.52. The molecule has 1 aliphatic rings. The molecule has 30 heavy (non-hydrogen) atoms. The zero-order valence-electron chi connectivity index (χ0n) is 16.9. The van der Waals surface area contributed by atoms with E-state index in [4.69, 9.17) is 5.73 Å². The van der Waals surface area contributed by atoms with Crippen LogP contribution in [0.15, 0.2) is 35.1 Å². The number of nitrogens with one attached hydrogen (secondary N) is 3. The van der Waals surface area contributed by atoms with E-state index in [1.54, 1.807) is 7.05 Å². The van der Waals surface area contributed by atoms with Gasteiger partial charge >= 0.3 is 6.03 Å². The molecule has 0 spiro atoms. The van der Waals surface area contributed by atoms with Crippen LogP contribution in [0.1, 0.15) is 36.0 Å². The number of pyridine rings is 1. The molecule has 2 atom stereocenters. The Bertz CT molecular complexity index is 1020. The highest BCUT2D eigenvalue weighted by Crippen LogP contribution is 2.24. The van der Waals surface area contributed by atoms with Crippen LogP contribution in [0.3, 0.4) is 0 Å². The number of urea groups is 1. The van der Waals surface area contributed by atoms with E-state index in [0.717, 1.165) is 31.1 Å². The van der Waals surface area contributed by atoms with Crippen LogP contribution in [0.25, 0.3) is 10.9 Å². The van der Waals surface area contributed by atoms with E-state index in [1.807, 2.05) is 24.3 Å². The Hall–Kier alpha value is -3.36. The third kappa shape index (κ3) is 5.16. The first-order chi connectivity index (χ1) is 14.3. The van der Waals surface area contributed by atoms with Crippen molar-refractivity contribution in [3.8, 4) is 0 Å². The summed E-state index contributed by atoms with van der Waals surface area (Å²) in [5.41, 5.74) is 5.82. The van der Waals surface area contributed by atoms with Gasteiger partial charge in [-0.15, -0.1) is 0 Å². The number of carbonyl (C=O) groups excluding carboxylic acids is 3. The topological polar surface area (TPSA) is 135 Å². The Morgan fingerprint density at radius 1 is 1.17 bits per heavy atom. The highest BCUT2D eigenvalue weighted by atomic mass is 16.2. The predicted molar refractivity (Wildman–Crippen MR) is 113 cm³/mol. The molecule has 1 saturated carbocycles. The van der Waals surface area contributed by atoms with Gasteiger partial charge in [-0.1, -0.05) is 24.6 Å². The number of hydrogen-bond donors (Lipinski definition) is 4. The van der Waals surface area contributed by atoms with Crippen molar-refractivity contribution in [1.29, 1.82) is 0 Å². The zero-order valence-corrected chi connectivity index (χ0v) is 16.9. The summed E-state index contributed by atoms with van der Waals surface area (Å²) in [6, 6.07) is 7.94. The van der Waals surface area contributed by atoms with Gasteiger partial charge in [-0.2, -0.15) is 0 Å². The van der Waals surface area contributed by atoms with E-state index < -0.39 is 6.03 Å². The molecule has 160 valence electrons. The number of aromatic nitrogens is 1. The number of nitrogens with two attached hydrogens (primary N) is 1. The fourth-order valence-electron chi connectivity index (χ4n) is 3.98. The second-order valence-electron chi connectivity index (χ2n) is 7.70. The Morgan fingerprint density at radius 2 is 1.93 bits per heavy atom. The monoisotopic (exact) mass is 413 g/mol. The highest BCUT2D eigenvalue weighted by molar-refractivity contribution is 6.06. The fraction of sp³-hybridized carbons (Fsp3) is 0.429. The average Bonchev–Trinajstić information content (AvgIpc) is 2.73. The van der Waals surface area contributed by atoms with Crippen molar-refractivity contribution in [2.24, 2.45) is 18.7 Å². The standard InChI is InChI=1S/C21H27N5O4/c1-26-17-8-3-2-7-15(17)16(10-19(26)28)20(29)23-11-13-5-4-6-14(9-13)25-18(27)12-24-21(22)30/h2-3,7-8,10,13-14H,4-6,9,11-12H2,1H3,(H,23,29)(H,25,27)(H3,22,24,30)/t13-,14+/m1/s1. The van der Waals surface area contributed by atoms with Crippen molar-refractivity contribution in [3.63, 3.8) is 0 Å². The summed E-state index contributed by atoms with van der Waals surface area (Å²) in [6.07, 6.45) is 3.47. The lowest BCUT2D eigenvalue weighted by molar-refractivity contribution is -0.121. The minimum absolute atomic E-state index is 0.00678. The Morgan fingerprint density at radius 3 is 2.70 bits per heavy atom. The van der Waals surface area contributed by atoms with Crippen molar-refractivity contribution >= 4 is 28.7 Å². The number of carbonyl (C=O) groups is 3. The molecule has 1 aliphatic carbocycles. The number of aryl methyl sites for hydroxylation is 1. The Labute approximate surface area is 174 Å². The molecule has 0 saturated heterocycles. The minimum atomic E-state index is -0.738. The first-order valence-corrected chi connectivity index (χ1v) is 10.0. The van der Waals surface area contributed by atoms with Crippen LogP contribution in [-0.4, -0.2) is 41.5 Å². The lowest BCUT2D eigenvalue weighted by atomic mass is 9.85. The number of amides is 4. The molecule has 9 heteroatoms. The second-order valence-corrected chi connectivity index (χ2v) is 7.70. The molecular formula is C21H27N5O4. The number of fused-ring (bicyclic) bond motifs is 1. The van der Waals surface area contributed by atoms with Crippen LogP contribution in [0.4, 0.5) is 4.79 Å². The van der Waals surface area contributed by atoms with E-state index >= 15 is 0 Å². The predicted octanol–water partition coefficient (Wildman–Crippen LogP) is 0.612. The minimum Gasteiger partial charge on any atom is -0.352 e. The SMILES string of the molecule is Cn1c(=O)cc(C(=O)NC[C@@H]2CCC[C@H](NC(=O)CNC(N)=O)C2)c2ccccc21. The van der Waals surface area contributed by atoms with Crippen LogP contribution in [0.5, 0.6) is 0 Å². The van der Waals surface area contributed by atoms with E-state index in [9.17, 15) is 19.2 Å². The van der Waals surface area contributed by atoms with Gasteiger partial charge in [-0.3, -0.25) is 14.4 Å². The Kier molecular flexibility index (Phi) is 6.71. The first kappa shape index (κ1) is 21.4. The van der Waals surface area contributed by atoms with Gasteiger partial charge in [0.2, 0.25) is 5.91 Å². The van der Waals surface area contributed by atoms with E-state index in [-0.39, 0.29) is 35.9 Å². The fourth-order valence-corrected chi connectivity index (χ4v) is 3.98. The van der Waals surface area contributed by atoms with Crippen molar-refractivity contribution in [2.75, 3.05) is 13.1 Å². The van der Waals surface area contributed by atoms with Gasteiger partial charge in [-0.05, 0) is 31.2 Å². The van der Waals surface area contributed by atoms with E-state index in [0.29, 0.717) is 17.6 Å². The maximum absolute atomic E-state index is 12.8. The first-order valence-electron chi connectivity index (χ1n) is 10.0. The van der Waals surface area contributed by atoms with Gasteiger partial charge in [-0.25, -0.2) is 4.79 Å². The van der Waals surface area contributed by atoms with Gasteiger partial charge in [0.15, 0.2) is 0 Å². The number of benzene rings is 1. The number of rotatable bonds is 6. The van der Waals surface area contributed by atoms with E-state index in [2.05, 4.69) is 16.0 Å². The molecule has 1 fully saturated rings. The molecule has 3 rings (SSSR count). The van der Waals surface area contributed by atoms with Crippen LogP contribution >= 0.6 is 0 Å². The summed E-state index contributed by atoms with van der Waals surface area (Å²) in [5.74, 6) is -0.342. The van der Waals surface area contributed by atoms with Crippen molar-refractivity contribution in [3.05, 3.63) is 46.2 Å². The number of primary amides is 1. The molecule has 1 aromatic heterocycles. The quantitative estimate of drug-likeness (QED) is 0.552. The molecule has 1 heterocycles. The van der Waals surface area contributed by atoms with Gasteiger partial charge in [0, 0.05) is 31.1 Å². The van der Waals surface area contributed by atoms with Crippen LogP contribution in [0, 0.1) is 5.92 Å². The van der Waals surface area contributed by atoms with Crippen molar-refractivity contribution in [2.45, 2.75) is 31.7 Å². The summed E-state index contributed by atoms with van der Waals surface area (Å²) < 4.78 is 1.52. The highest BCUT2D eigenvalue weighted by Gasteiger charge is 2.24. The number of nitrogens with zero attached hydrogens (tertiary/aromatic N) is 1. The lowest BCUT2D eigenvalue weighted by Gasteiger charge is -2.30. The van der Waals surface area contributed by atoms with Gasteiger partial charge in [0.25, 0.3) is 11.5 Å². The summed E-state index contributed by atoms with van der Waals surface area (Å²) in [4.78, 5) is 47.6. The molecule has 0 aliphatic heterocycles. The summed E-state index contributed by atoms with van der Waals surface area (Å²) in [6.45, 7) is 0.317. The molecular weight excluding hydrogens is 386 g/mol. The molecule has 2 aromatic rings. The largest absolute Gasteiger partial charge is 0.352 e. The van der Waals surface area contributed by atoms with Crippen molar-refractivity contribution < 1.29 is 14.4 Å². The maximum atomic E-state index is 12.8. The Balaban J connectivity index is 1.59. The molecule has 0 unspecified atom stereocenters. The summed E-state index contributed by atoms with van der Waals surface area (Å²) >= 11 is 0. The van der Waals surface area contributed by atoms with Gasteiger partial charge in [0.1, 0.15) is 0 Å². The zero-order chi connectivity index (χ0) is 21.7. The van der Waals surface area contributed by atoms with Crippen molar-refractivity contribution in [1.82, 2.24) is 20.5 Å². The smallest absolute Gasteiger partial charge is 0.312 e. The van der Waals surface area contributed by atoms with E-state index in [1.165, 1.54) is 10.6 Å². The maximum Gasteiger partial charge on any atom is 0.312 e. The van der Waals surface area contributed by atoms with Gasteiger partial charge < -0.3 is 26.3 Å². The van der Waals surface area contributed by atoms with Crippen LogP contribution in [-0.2, 0) is 11.8 Å². The molecule has 4 amide bonds. The summed E-state index contributed by atoms with van der Waals surface area (Å²) in [7, 11) is 1.68. The molecule has 9 nitrogen and oxygen atoms in total. The third-order valence-electron chi connectivity index (χ3n) is 5.52. The molecule has 0 radical (unpaired) electrons. The lowest BCUT2D eigenvalue weighted by Crippen LogP contribution is -2.45. The average molecular weight is 413 g/mol. The van der Waals surface area contributed by atoms with Gasteiger partial charge in [0.05, 0.1) is 17.6 Å². The van der Waals surface area contributed by atoms with Crippen LogP contribution in [0.2, 0.25) is 0 Å². The second kappa shape index (κ2) is 9.43. The summed E-state index contributed by atoms with van der Waals surface area (Å²) in [5, 5.41) is 8.84. The molecule has 5 N–H and O–H groups in total. The molecule has 0 bridgehead atoms. The van der Waals surface area contributed by atoms with Crippen LogP contribution < -0.4 is 27.2 Å². The normalized spacial score (nSPS) is 18.6. The number of para-hydroxylation sites is 1. The molecule has 1 aromatic carbocycles. The number of hydrogen-bond acceptors (Lipinski definition) is 4.